The van der Waals surface area contributed by atoms with E-state index >= 15 is 0 Å². The highest BCUT2D eigenvalue weighted by molar-refractivity contribution is 5.37. The second-order valence-corrected chi connectivity index (χ2v) is 4.47. The van der Waals surface area contributed by atoms with Gasteiger partial charge in [-0.1, -0.05) is 13.8 Å². The number of hydrogen-bond acceptors (Lipinski definition) is 4. The summed E-state index contributed by atoms with van der Waals surface area (Å²) in [4.78, 5) is 0. The summed E-state index contributed by atoms with van der Waals surface area (Å²) in [7, 11) is 3.16. The highest BCUT2D eigenvalue weighted by Crippen LogP contribution is 2.31. The first-order valence-electron chi connectivity index (χ1n) is 5.87. The van der Waals surface area contributed by atoms with Gasteiger partial charge in [-0.3, -0.25) is 11.3 Å². The summed E-state index contributed by atoms with van der Waals surface area (Å²) in [5.41, 5.74) is 3.33. The van der Waals surface area contributed by atoms with E-state index in [1.165, 1.54) is 12.1 Å². The fourth-order valence-corrected chi connectivity index (χ4v) is 2.10. The Kier molecular flexibility index (Phi) is 5.53. The molecule has 0 heterocycles. The Morgan fingerprint density at radius 2 is 1.94 bits per heavy atom. The van der Waals surface area contributed by atoms with E-state index in [9.17, 15) is 4.39 Å². The molecule has 0 radical (unpaired) electrons. The molecule has 0 aliphatic carbocycles. The maximum Gasteiger partial charge on any atom is 0.123 e. The van der Waals surface area contributed by atoms with Crippen molar-refractivity contribution in [2.45, 2.75) is 26.0 Å². The zero-order chi connectivity index (χ0) is 13.7. The van der Waals surface area contributed by atoms with E-state index in [0.29, 0.717) is 11.3 Å². The summed E-state index contributed by atoms with van der Waals surface area (Å²) in [6.07, 6.45) is -0.175. The van der Waals surface area contributed by atoms with Gasteiger partial charge in [-0.15, -0.1) is 0 Å². The van der Waals surface area contributed by atoms with Crippen LogP contribution in [0.25, 0.3) is 0 Å². The molecule has 0 spiro atoms. The molecule has 3 N–H and O–H groups in total. The predicted octanol–water partition coefficient (Wildman–Crippen LogP) is 2.01. The monoisotopic (exact) mass is 256 g/mol. The molecule has 0 amide bonds. The number of ether oxygens (including phenoxy) is 2. The van der Waals surface area contributed by atoms with Crippen LogP contribution in [0.4, 0.5) is 4.39 Å². The van der Waals surface area contributed by atoms with Gasteiger partial charge < -0.3 is 9.47 Å². The van der Waals surface area contributed by atoms with Gasteiger partial charge in [-0.05, 0) is 24.1 Å². The molecule has 1 aromatic carbocycles. The second kappa shape index (κ2) is 6.68. The third kappa shape index (κ3) is 3.19. The van der Waals surface area contributed by atoms with Crippen molar-refractivity contribution in [2.75, 3.05) is 14.2 Å². The Bertz CT molecular complexity index is 385. The molecule has 5 heteroatoms. The smallest absolute Gasteiger partial charge is 0.123 e. The number of hydrazine groups is 1. The van der Waals surface area contributed by atoms with Crippen molar-refractivity contribution in [3.8, 4) is 5.75 Å². The number of nitrogens with two attached hydrogens (primary N) is 1. The van der Waals surface area contributed by atoms with Gasteiger partial charge >= 0.3 is 0 Å². The number of benzene rings is 1. The van der Waals surface area contributed by atoms with Crippen molar-refractivity contribution < 1.29 is 13.9 Å². The zero-order valence-electron chi connectivity index (χ0n) is 11.2. The number of halogens is 1. The molecule has 0 aliphatic rings. The number of rotatable bonds is 6. The van der Waals surface area contributed by atoms with Crippen molar-refractivity contribution >= 4 is 0 Å². The number of nitrogens with one attached hydrogen (secondary N) is 1. The molecule has 18 heavy (non-hydrogen) atoms. The van der Waals surface area contributed by atoms with Crippen LogP contribution < -0.4 is 16.0 Å². The van der Waals surface area contributed by atoms with Crippen LogP contribution in [0.1, 0.15) is 25.5 Å². The minimum absolute atomic E-state index is 0.175. The Balaban J connectivity index is 3.18. The standard InChI is InChI=1S/C13H21FN2O2/c1-8(2)13(18-4)12(16-15)10-7-9(14)5-6-11(10)17-3/h5-8,12-13,16H,15H2,1-4H3. The molecular formula is C13H21FN2O2. The fraction of sp³-hybridized carbons (Fsp3) is 0.538. The van der Waals surface area contributed by atoms with Crippen LogP contribution in [0.3, 0.4) is 0 Å². The van der Waals surface area contributed by atoms with E-state index in [1.807, 2.05) is 13.8 Å². The summed E-state index contributed by atoms with van der Waals surface area (Å²) >= 11 is 0. The molecule has 4 nitrogen and oxygen atoms in total. The lowest BCUT2D eigenvalue weighted by molar-refractivity contribution is 0.0319. The van der Waals surface area contributed by atoms with E-state index in [2.05, 4.69) is 5.43 Å². The van der Waals surface area contributed by atoms with Crippen LogP contribution in [0.15, 0.2) is 18.2 Å². The zero-order valence-corrected chi connectivity index (χ0v) is 11.2. The molecule has 0 saturated heterocycles. The Morgan fingerprint density at radius 1 is 1.28 bits per heavy atom. The Morgan fingerprint density at radius 3 is 2.39 bits per heavy atom. The molecule has 0 aromatic heterocycles. The minimum atomic E-state index is -0.333. The second-order valence-electron chi connectivity index (χ2n) is 4.47. The molecule has 0 bridgehead atoms. The van der Waals surface area contributed by atoms with Gasteiger partial charge in [0.1, 0.15) is 11.6 Å². The maximum absolute atomic E-state index is 13.4. The molecule has 2 atom stereocenters. The number of hydrogen-bond donors (Lipinski definition) is 2. The van der Waals surface area contributed by atoms with Crippen molar-refractivity contribution in [1.29, 1.82) is 0 Å². The van der Waals surface area contributed by atoms with Gasteiger partial charge in [0, 0.05) is 12.7 Å². The van der Waals surface area contributed by atoms with Crippen LogP contribution in [0, 0.1) is 11.7 Å². The van der Waals surface area contributed by atoms with Crippen molar-refractivity contribution in [3.05, 3.63) is 29.6 Å². The molecule has 102 valence electrons. The van der Waals surface area contributed by atoms with Crippen molar-refractivity contribution in [3.63, 3.8) is 0 Å². The fourth-order valence-electron chi connectivity index (χ4n) is 2.10. The average Bonchev–Trinajstić information content (AvgIpc) is 2.35. The van der Waals surface area contributed by atoms with Crippen molar-refractivity contribution in [1.82, 2.24) is 5.43 Å². The van der Waals surface area contributed by atoms with E-state index in [4.69, 9.17) is 15.3 Å². The van der Waals surface area contributed by atoms with Gasteiger partial charge in [0.25, 0.3) is 0 Å². The summed E-state index contributed by atoms with van der Waals surface area (Å²) in [6, 6.07) is 4.02. The maximum atomic E-state index is 13.4. The lowest BCUT2D eigenvalue weighted by Crippen LogP contribution is -2.40. The van der Waals surface area contributed by atoms with Crippen LogP contribution in [0.5, 0.6) is 5.75 Å². The van der Waals surface area contributed by atoms with E-state index in [-0.39, 0.29) is 23.9 Å². The third-order valence-corrected chi connectivity index (χ3v) is 2.96. The molecule has 0 aliphatic heterocycles. The Labute approximate surface area is 107 Å². The van der Waals surface area contributed by atoms with E-state index in [1.54, 1.807) is 20.3 Å². The minimum Gasteiger partial charge on any atom is -0.496 e. The lowest BCUT2D eigenvalue weighted by atomic mass is 9.93. The van der Waals surface area contributed by atoms with E-state index in [0.717, 1.165) is 0 Å². The van der Waals surface area contributed by atoms with E-state index < -0.39 is 0 Å². The normalized spacial score (nSPS) is 14.6. The topological polar surface area (TPSA) is 56.5 Å². The van der Waals surface area contributed by atoms with Crippen LogP contribution in [-0.4, -0.2) is 20.3 Å². The molecular weight excluding hydrogens is 235 g/mol. The number of methoxy groups -OCH3 is 2. The summed E-state index contributed by atoms with van der Waals surface area (Å²) in [5, 5.41) is 0. The highest BCUT2D eigenvalue weighted by atomic mass is 19.1. The lowest BCUT2D eigenvalue weighted by Gasteiger charge is -2.29. The van der Waals surface area contributed by atoms with Crippen LogP contribution in [0.2, 0.25) is 0 Å². The molecule has 2 unspecified atom stereocenters. The van der Waals surface area contributed by atoms with Gasteiger partial charge in [-0.2, -0.15) is 0 Å². The summed E-state index contributed by atoms with van der Waals surface area (Å²) < 4.78 is 24.1. The SMILES string of the molecule is COc1ccc(F)cc1C(NN)C(OC)C(C)C. The molecule has 1 aromatic rings. The molecule has 0 saturated carbocycles. The first-order valence-corrected chi connectivity index (χ1v) is 5.87. The van der Waals surface area contributed by atoms with Gasteiger partial charge in [-0.25, -0.2) is 4.39 Å². The van der Waals surface area contributed by atoms with Gasteiger partial charge in [0.2, 0.25) is 0 Å². The van der Waals surface area contributed by atoms with Crippen LogP contribution >= 0.6 is 0 Å². The molecule has 1 rings (SSSR count). The quantitative estimate of drug-likeness (QED) is 0.604. The largest absolute Gasteiger partial charge is 0.496 e. The highest BCUT2D eigenvalue weighted by Gasteiger charge is 2.27. The first kappa shape index (κ1) is 14.9. The van der Waals surface area contributed by atoms with Gasteiger partial charge in [0.15, 0.2) is 0 Å². The predicted molar refractivity (Wildman–Crippen MR) is 68.7 cm³/mol. The van der Waals surface area contributed by atoms with Gasteiger partial charge in [0.05, 0.1) is 19.3 Å². The molecule has 0 fully saturated rings. The van der Waals surface area contributed by atoms with Crippen LogP contribution in [-0.2, 0) is 4.74 Å². The summed E-state index contributed by atoms with van der Waals surface area (Å²) in [6.45, 7) is 4.04. The Hall–Kier alpha value is -1.17. The summed E-state index contributed by atoms with van der Waals surface area (Å²) in [5.74, 6) is 6.07. The first-order chi connectivity index (χ1) is 8.54. The van der Waals surface area contributed by atoms with Crippen molar-refractivity contribution in [2.24, 2.45) is 11.8 Å². The third-order valence-electron chi connectivity index (χ3n) is 2.96. The average molecular weight is 256 g/mol.